The van der Waals surface area contributed by atoms with Crippen LogP contribution in [0.1, 0.15) is 5.56 Å². The van der Waals surface area contributed by atoms with Gasteiger partial charge in [-0.3, -0.25) is 10.7 Å². The van der Waals surface area contributed by atoms with Crippen molar-refractivity contribution in [2.45, 2.75) is 5.66 Å². The van der Waals surface area contributed by atoms with Crippen LogP contribution in [0, 0.1) is 0 Å². The van der Waals surface area contributed by atoms with E-state index < -0.39 is 5.66 Å². The van der Waals surface area contributed by atoms with E-state index in [0.29, 0.717) is 5.70 Å². The largest absolute Gasteiger partial charge is 0.398 e. The molecule has 0 saturated carbocycles. The molecule has 1 heterocycles. The lowest BCUT2D eigenvalue weighted by Gasteiger charge is -2.23. The third-order valence-corrected chi connectivity index (χ3v) is 3.12. The minimum atomic E-state index is -0.926. The van der Waals surface area contributed by atoms with E-state index in [1.807, 2.05) is 54.6 Å². The maximum Gasteiger partial charge on any atom is 0.175 e. The van der Waals surface area contributed by atoms with Gasteiger partial charge in [0.25, 0.3) is 0 Å². The Labute approximate surface area is 99.1 Å². The molecular formula is C14H13N3. The monoisotopic (exact) mass is 223 g/mol. The Morgan fingerprint density at radius 1 is 0.882 bits per heavy atom. The fourth-order valence-electron chi connectivity index (χ4n) is 2.17. The van der Waals surface area contributed by atoms with Crippen LogP contribution in [0.25, 0.3) is 5.70 Å². The van der Waals surface area contributed by atoms with Crippen molar-refractivity contribution in [2.75, 3.05) is 0 Å². The first kappa shape index (κ1) is 10.1. The van der Waals surface area contributed by atoms with Gasteiger partial charge in [0, 0.05) is 5.22 Å². The highest BCUT2D eigenvalue weighted by molar-refractivity contribution is 5.58. The Balaban J connectivity index is 2.30. The zero-order chi connectivity index (χ0) is 11.9. The van der Waals surface area contributed by atoms with Crippen LogP contribution in [0.5, 0.6) is 0 Å². The number of nitrogens with zero attached hydrogens (tertiary/aromatic N) is 1. The van der Waals surface area contributed by atoms with E-state index in [-0.39, 0.29) is 0 Å². The van der Waals surface area contributed by atoms with E-state index in [2.05, 4.69) is 4.99 Å². The summed E-state index contributed by atoms with van der Waals surface area (Å²) in [6.07, 6.45) is 0. The SMILES string of the molecule is NC1=c2ccccc2=NC1(N)c1ccccc1. The summed E-state index contributed by atoms with van der Waals surface area (Å²) in [7, 11) is 0. The third kappa shape index (κ3) is 1.36. The third-order valence-electron chi connectivity index (χ3n) is 3.12. The minimum Gasteiger partial charge on any atom is -0.398 e. The second-order valence-corrected chi connectivity index (χ2v) is 4.18. The van der Waals surface area contributed by atoms with Crippen LogP contribution in [-0.4, -0.2) is 0 Å². The number of para-hydroxylation sites is 1. The molecule has 0 aromatic heterocycles. The maximum atomic E-state index is 6.35. The Bertz CT molecular complexity index is 676. The minimum absolute atomic E-state index is 0.610. The first-order valence-electron chi connectivity index (χ1n) is 5.51. The van der Waals surface area contributed by atoms with Gasteiger partial charge in [-0.15, -0.1) is 0 Å². The number of hydrogen-bond donors (Lipinski definition) is 2. The van der Waals surface area contributed by atoms with Gasteiger partial charge in [-0.25, -0.2) is 0 Å². The van der Waals surface area contributed by atoms with Gasteiger partial charge < -0.3 is 5.73 Å². The topological polar surface area (TPSA) is 64.4 Å². The molecule has 0 spiro atoms. The molecule has 0 fully saturated rings. The predicted octanol–water partition coefficient (Wildman–Crippen LogP) is 0.198. The smallest absolute Gasteiger partial charge is 0.175 e. The average molecular weight is 223 g/mol. The van der Waals surface area contributed by atoms with Crippen LogP contribution in [0.3, 0.4) is 0 Å². The summed E-state index contributed by atoms with van der Waals surface area (Å²) in [5.41, 5.74) is 13.1. The van der Waals surface area contributed by atoms with E-state index in [0.717, 1.165) is 16.1 Å². The summed E-state index contributed by atoms with van der Waals surface area (Å²) in [5.74, 6) is 0. The van der Waals surface area contributed by atoms with Crippen molar-refractivity contribution in [3.05, 3.63) is 70.7 Å². The molecule has 0 bridgehead atoms. The first-order chi connectivity index (χ1) is 8.22. The van der Waals surface area contributed by atoms with Crippen molar-refractivity contribution >= 4 is 5.70 Å². The van der Waals surface area contributed by atoms with E-state index in [4.69, 9.17) is 11.5 Å². The normalized spacial score (nSPS) is 22.1. The molecule has 0 saturated heterocycles. The highest BCUT2D eigenvalue weighted by atomic mass is 15.1. The molecule has 2 aromatic rings. The van der Waals surface area contributed by atoms with Crippen molar-refractivity contribution in [1.82, 2.24) is 0 Å². The summed E-state index contributed by atoms with van der Waals surface area (Å²) >= 11 is 0. The van der Waals surface area contributed by atoms with Crippen LogP contribution in [0.2, 0.25) is 0 Å². The van der Waals surface area contributed by atoms with Crippen LogP contribution in [-0.2, 0) is 5.66 Å². The number of rotatable bonds is 1. The van der Waals surface area contributed by atoms with Gasteiger partial charge >= 0.3 is 0 Å². The summed E-state index contributed by atoms with van der Waals surface area (Å²) in [6, 6.07) is 17.5. The number of nitrogens with two attached hydrogens (primary N) is 2. The number of hydrogen-bond acceptors (Lipinski definition) is 3. The quantitative estimate of drug-likeness (QED) is 0.725. The van der Waals surface area contributed by atoms with Crippen LogP contribution in [0.4, 0.5) is 0 Å². The van der Waals surface area contributed by atoms with Gasteiger partial charge in [-0.1, -0.05) is 48.5 Å². The van der Waals surface area contributed by atoms with E-state index in [1.165, 1.54) is 0 Å². The van der Waals surface area contributed by atoms with Crippen molar-refractivity contribution in [1.29, 1.82) is 0 Å². The van der Waals surface area contributed by atoms with Gasteiger partial charge in [0.1, 0.15) is 0 Å². The molecule has 2 aromatic carbocycles. The van der Waals surface area contributed by atoms with Crippen molar-refractivity contribution in [3.8, 4) is 0 Å². The molecule has 17 heavy (non-hydrogen) atoms. The van der Waals surface area contributed by atoms with E-state index in [9.17, 15) is 0 Å². The highest BCUT2D eigenvalue weighted by Gasteiger charge is 2.33. The Morgan fingerprint density at radius 3 is 2.24 bits per heavy atom. The van der Waals surface area contributed by atoms with Crippen LogP contribution < -0.4 is 22.0 Å². The van der Waals surface area contributed by atoms with E-state index in [1.54, 1.807) is 0 Å². The molecule has 1 atom stereocenters. The predicted molar refractivity (Wildman–Crippen MR) is 67.1 cm³/mol. The van der Waals surface area contributed by atoms with Gasteiger partial charge in [-0.05, 0) is 11.6 Å². The average Bonchev–Trinajstić information content (AvgIpc) is 2.65. The summed E-state index contributed by atoms with van der Waals surface area (Å²) in [5, 5.41) is 1.79. The lowest BCUT2D eigenvalue weighted by atomic mass is 9.98. The Hall–Kier alpha value is -2.13. The molecule has 3 rings (SSSR count). The second kappa shape index (κ2) is 3.43. The first-order valence-corrected chi connectivity index (χ1v) is 5.51. The van der Waals surface area contributed by atoms with Gasteiger partial charge in [0.2, 0.25) is 0 Å². The van der Waals surface area contributed by atoms with Crippen molar-refractivity contribution in [2.24, 2.45) is 16.5 Å². The van der Waals surface area contributed by atoms with Gasteiger partial charge in [0.05, 0.1) is 11.1 Å². The molecule has 1 aliphatic rings. The summed E-state index contributed by atoms with van der Waals surface area (Å²) in [4.78, 5) is 4.55. The van der Waals surface area contributed by atoms with Crippen LogP contribution >= 0.6 is 0 Å². The molecule has 3 heteroatoms. The molecule has 1 aliphatic heterocycles. The summed E-state index contributed by atoms with van der Waals surface area (Å²) < 4.78 is 0. The zero-order valence-corrected chi connectivity index (χ0v) is 9.30. The molecule has 0 aliphatic carbocycles. The summed E-state index contributed by atoms with van der Waals surface area (Å²) in [6.45, 7) is 0. The second-order valence-electron chi connectivity index (χ2n) is 4.18. The molecule has 1 unspecified atom stereocenters. The molecule has 4 N–H and O–H groups in total. The fourth-order valence-corrected chi connectivity index (χ4v) is 2.17. The molecule has 0 radical (unpaired) electrons. The number of benzene rings is 2. The molecule has 84 valence electrons. The molecule has 3 nitrogen and oxygen atoms in total. The van der Waals surface area contributed by atoms with Gasteiger partial charge in [-0.2, -0.15) is 0 Å². The Morgan fingerprint density at radius 2 is 1.53 bits per heavy atom. The standard InChI is InChI=1S/C14H13N3/c15-13-11-8-4-5-9-12(11)17-14(13,16)10-6-2-1-3-7-10/h1-9H,15-16H2. The van der Waals surface area contributed by atoms with E-state index >= 15 is 0 Å². The fraction of sp³-hybridized carbons (Fsp3) is 0.0714. The zero-order valence-electron chi connectivity index (χ0n) is 9.30. The Kier molecular flexibility index (Phi) is 2.03. The number of fused-ring (bicyclic) bond motifs is 1. The lowest BCUT2D eigenvalue weighted by Crippen LogP contribution is -2.39. The molecule has 0 amide bonds. The molecular weight excluding hydrogens is 210 g/mol. The van der Waals surface area contributed by atoms with Crippen LogP contribution in [0.15, 0.2) is 59.6 Å². The van der Waals surface area contributed by atoms with Crippen molar-refractivity contribution < 1.29 is 0 Å². The van der Waals surface area contributed by atoms with Gasteiger partial charge in [0.15, 0.2) is 5.66 Å². The maximum absolute atomic E-state index is 6.35. The lowest BCUT2D eigenvalue weighted by molar-refractivity contribution is 0.603. The van der Waals surface area contributed by atoms with Crippen molar-refractivity contribution in [3.63, 3.8) is 0 Å². The highest BCUT2D eigenvalue weighted by Crippen LogP contribution is 2.26.